The van der Waals surface area contributed by atoms with Crippen LogP contribution in [0.1, 0.15) is 6.92 Å². The van der Waals surface area contributed by atoms with Crippen LogP contribution in [0.2, 0.25) is 0 Å². The van der Waals surface area contributed by atoms with Gasteiger partial charge in [0, 0.05) is 19.7 Å². The number of ether oxygens (including phenoxy) is 1. The van der Waals surface area contributed by atoms with Gasteiger partial charge in [-0.25, -0.2) is 0 Å². The van der Waals surface area contributed by atoms with Crippen LogP contribution in [0, 0.1) is 0 Å². The van der Waals surface area contributed by atoms with Gasteiger partial charge in [0.1, 0.15) is 5.75 Å². The molecule has 0 aliphatic heterocycles. The molecule has 0 aromatic heterocycles. The molecule has 1 atom stereocenters. The van der Waals surface area contributed by atoms with Crippen LogP contribution in [0.4, 0.5) is 11.4 Å². The summed E-state index contributed by atoms with van der Waals surface area (Å²) >= 11 is 0. The molecule has 0 radical (unpaired) electrons. The Hall–Kier alpha value is -1.42. The number of hydrogen-bond donors (Lipinski definition) is 2. The zero-order valence-electron chi connectivity index (χ0n) is 9.40. The van der Waals surface area contributed by atoms with Crippen molar-refractivity contribution < 1.29 is 9.84 Å². The number of anilines is 2. The molecule has 0 heterocycles. The highest BCUT2D eigenvalue weighted by molar-refractivity contribution is 5.69. The third kappa shape index (κ3) is 3.02. The first-order valence-corrected chi connectivity index (χ1v) is 4.87. The lowest BCUT2D eigenvalue weighted by molar-refractivity contribution is 0.201. The van der Waals surface area contributed by atoms with Crippen LogP contribution >= 0.6 is 0 Å². The van der Waals surface area contributed by atoms with Crippen LogP contribution in [-0.2, 0) is 0 Å². The fourth-order valence-corrected chi connectivity index (χ4v) is 1.48. The monoisotopic (exact) mass is 210 g/mol. The lowest BCUT2D eigenvalue weighted by Gasteiger charge is -2.22. The molecule has 0 aliphatic carbocycles. The molecule has 1 aromatic rings. The lowest BCUT2D eigenvalue weighted by atomic mass is 10.2. The van der Waals surface area contributed by atoms with E-state index in [1.807, 2.05) is 24.1 Å². The van der Waals surface area contributed by atoms with Crippen molar-refractivity contribution in [3.63, 3.8) is 0 Å². The highest BCUT2D eigenvalue weighted by atomic mass is 16.5. The minimum absolute atomic E-state index is 0.388. The number of nitrogens with zero attached hydrogens (tertiary/aromatic N) is 1. The van der Waals surface area contributed by atoms with Gasteiger partial charge in [0.05, 0.1) is 24.6 Å². The highest BCUT2D eigenvalue weighted by Crippen LogP contribution is 2.27. The molecule has 0 amide bonds. The van der Waals surface area contributed by atoms with Crippen LogP contribution in [-0.4, -0.2) is 31.9 Å². The van der Waals surface area contributed by atoms with Crippen molar-refractivity contribution in [2.45, 2.75) is 13.0 Å². The molecule has 4 heteroatoms. The standard InChI is InChI=1S/C11H18N2O2/c1-8(14)7-13(2)11-6-9(15-3)4-5-10(11)12/h4-6,8,14H,7,12H2,1-3H3. The van der Waals surface area contributed by atoms with Crippen molar-refractivity contribution in [3.8, 4) is 5.75 Å². The average Bonchev–Trinajstić information content (AvgIpc) is 2.17. The van der Waals surface area contributed by atoms with Crippen molar-refractivity contribution in [1.29, 1.82) is 0 Å². The molecule has 0 saturated heterocycles. The maximum absolute atomic E-state index is 9.29. The van der Waals surface area contributed by atoms with E-state index >= 15 is 0 Å². The normalized spacial score (nSPS) is 12.3. The summed E-state index contributed by atoms with van der Waals surface area (Å²) in [5, 5.41) is 9.29. The second-order valence-electron chi connectivity index (χ2n) is 3.65. The van der Waals surface area contributed by atoms with Gasteiger partial charge in [0.2, 0.25) is 0 Å². The van der Waals surface area contributed by atoms with Gasteiger partial charge in [-0.05, 0) is 19.1 Å². The molecule has 1 unspecified atom stereocenters. The van der Waals surface area contributed by atoms with Crippen molar-refractivity contribution >= 4 is 11.4 Å². The van der Waals surface area contributed by atoms with E-state index in [1.54, 1.807) is 20.1 Å². The maximum Gasteiger partial charge on any atom is 0.121 e. The van der Waals surface area contributed by atoms with Crippen molar-refractivity contribution in [2.24, 2.45) is 0 Å². The Kier molecular flexibility index (Phi) is 3.80. The summed E-state index contributed by atoms with van der Waals surface area (Å²) in [5.41, 5.74) is 7.39. The number of aliphatic hydroxyl groups excluding tert-OH is 1. The number of rotatable bonds is 4. The number of nitrogen functional groups attached to an aromatic ring is 1. The zero-order chi connectivity index (χ0) is 11.4. The molecule has 1 aromatic carbocycles. The quantitative estimate of drug-likeness (QED) is 0.730. The maximum atomic E-state index is 9.29. The van der Waals surface area contributed by atoms with Gasteiger partial charge in [0.25, 0.3) is 0 Å². The third-order valence-electron chi connectivity index (χ3n) is 2.19. The zero-order valence-corrected chi connectivity index (χ0v) is 9.40. The number of likely N-dealkylation sites (N-methyl/N-ethyl adjacent to an activating group) is 1. The number of benzene rings is 1. The summed E-state index contributed by atoms with van der Waals surface area (Å²) in [5.74, 6) is 0.761. The van der Waals surface area contributed by atoms with Gasteiger partial charge < -0.3 is 20.5 Å². The Morgan fingerprint density at radius 2 is 2.20 bits per heavy atom. The number of hydrogen-bond acceptors (Lipinski definition) is 4. The lowest BCUT2D eigenvalue weighted by Crippen LogP contribution is -2.27. The summed E-state index contributed by atoms with van der Waals surface area (Å²) in [4.78, 5) is 1.91. The summed E-state index contributed by atoms with van der Waals surface area (Å²) in [6.07, 6.45) is -0.388. The van der Waals surface area contributed by atoms with Gasteiger partial charge in [-0.3, -0.25) is 0 Å². The molecule has 15 heavy (non-hydrogen) atoms. The fourth-order valence-electron chi connectivity index (χ4n) is 1.48. The molecule has 0 spiro atoms. The molecule has 1 rings (SSSR count). The van der Waals surface area contributed by atoms with Gasteiger partial charge in [0.15, 0.2) is 0 Å². The van der Waals surface area contributed by atoms with Crippen LogP contribution < -0.4 is 15.4 Å². The first kappa shape index (κ1) is 11.7. The third-order valence-corrected chi connectivity index (χ3v) is 2.19. The molecule has 0 aliphatic rings. The molecular formula is C11H18N2O2. The van der Waals surface area contributed by atoms with E-state index in [-0.39, 0.29) is 6.10 Å². The molecular weight excluding hydrogens is 192 g/mol. The van der Waals surface area contributed by atoms with Gasteiger partial charge in [-0.15, -0.1) is 0 Å². The largest absolute Gasteiger partial charge is 0.497 e. The van der Waals surface area contributed by atoms with E-state index in [4.69, 9.17) is 10.5 Å². The summed E-state index contributed by atoms with van der Waals surface area (Å²) in [7, 11) is 3.50. The summed E-state index contributed by atoms with van der Waals surface area (Å²) in [6.45, 7) is 2.28. The molecule has 0 saturated carbocycles. The molecule has 0 fully saturated rings. The molecule has 0 bridgehead atoms. The van der Waals surface area contributed by atoms with E-state index in [0.29, 0.717) is 12.2 Å². The van der Waals surface area contributed by atoms with E-state index in [0.717, 1.165) is 11.4 Å². The first-order valence-electron chi connectivity index (χ1n) is 4.87. The van der Waals surface area contributed by atoms with Crippen molar-refractivity contribution in [3.05, 3.63) is 18.2 Å². The number of aliphatic hydroxyl groups is 1. The predicted molar refractivity (Wildman–Crippen MR) is 62.4 cm³/mol. The molecule has 3 N–H and O–H groups in total. The second kappa shape index (κ2) is 4.89. The Labute approximate surface area is 90.3 Å². The minimum Gasteiger partial charge on any atom is -0.497 e. The Balaban J connectivity index is 2.91. The Morgan fingerprint density at radius 3 is 2.73 bits per heavy atom. The van der Waals surface area contributed by atoms with Crippen LogP contribution in [0.15, 0.2) is 18.2 Å². The first-order chi connectivity index (χ1) is 7.04. The highest BCUT2D eigenvalue weighted by Gasteiger charge is 2.08. The summed E-state index contributed by atoms with van der Waals surface area (Å²) in [6, 6.07) is 5.47. The fraction of sp³-hybridized carbons (Fsp3) is 0.455. The minimum atomic E-state index is -0.388. The topological polar surface area (TPSA) is 58.7 Å². The number of nitrogens with two attached hydrogens (primary N) is 1. The molecule has 4 nitrogen and oxygen atoms in total. The van der Waals surface area contributed by atoms with Crippen LogP contribution in [0.5, 0.6) is 5.75 Å². The van der Waals surface area contributed by atoms with Gasteiger partial charge in [-0.2, -0.15) is 0 Å². The van der Waals surface area contributed by atoms with Gasteiger partial charge in [-0.1, -0.05) is 0 Å². The van der Waals surface area contributed by atoms with E-state index in [2.05, 4.69) is 0 Å². The SMILES string of the molecule is COc1ccc(N)c(N(C)CC(C)O)c1. The number of methoxy groups -OCH3 is 1. The van der Waals surface area contributed by atoms with Crippen LogP contribution in [0.3, 0.4) is 0 Å². The predicted octanol–water partition coefficient (Wildman–Crippen LogP) is 1.09. The Morgan fingerprint density at radius 1 is 1.53 bits per heavy atom. The molecule has 84 valence electrons. The Bertz CT molecular complexity index is 326. The second-order valence-corrected chi connectivity index (χ2v) is 3.65. The van der Waals surface area contributed by atoms with E-state index in [1.165, 1.54) is 0 Å². The average molecular weight is 210 g/mol. The van der Waals surface area contributed by atoms with Gasteiger partial charge >= 0.3 is 0 Å². The van der Waals surface area contributed by atoms with E-state index < -0.39 is 0 Å². The van der Waals surface area contributed by atoms with Crippen LogP contribution in [0.25, 0.3) is 0 Å². The van der Waals surface area contributed by atoms with E-state index in [9.17, 15) is 5.11 Å². The van der Waals surface area contributed by atoms with Crippen molar-refractivity contribution in [2.75, 3.05) is 31.3 Å². The summed E-state index contributed by atoms with van der Waals surface area (Å²) < 4.78 is 5.12. The smallest absolute Gasteiger partial charge is 0.121 e. The van der Waals surface area contributed by atoms with Crippen molar-refractivity contribution in [1.82, 2.24) is 0 Å².